The Bertz CT molecular complexity index is 759. The molecule has 26 heavy (non-hydrogen) atoms. The summed E-state index contributed by atoms with van der Waals surface area (Å²) in [5.74, 6) is 0.564. The quantitative estimate of drug-likeness (QED) is 0.560. The van der Waals surface area contributed by atoms with Crippen molar-refractivity contribution in [2.45, 2.75) is 25.2 Å². The van der Waals surface area contributed by atoms with Crippen molar-refractivity contribution >= 4 is 29.3 Å². The van der Waals surface area contributed by atoms with E-state index in [1.807, 2.05) is 6.07 Å². The second kappa shape index (κ2) is 9.87. The fourth-order valence-corrected chi connectivity index (χ4v) is 3.07. The first-order chi connectivity index (χ1) is 12.5. The van der Waals surface area contributed by atoms with Gasteiger partial charge in [-0.15, -0.1) is 11.8 Å². The van der Waals surface area contributed by atoms with E-state index in [4.69, 9.17) is 9.47 Å². The van der Waals surface area contributed by atoms with Crippen LogP contribution in [0.25, 0.3) is 0 Å². The molecule has 2 rings (SSSR count). The van der Waals surface area contributed by atoms with Gasteiger partial charge in [-0.05, 0) is 61.4 Å². The lowest BCUT2D eigenvalue weighted by atomic mass is 10.1. The number of benzene rings is 2. The van der Waals surface area contributed by atoms with E-state index in [1.165, 1.54) is 11.1 Å². The maximum atomic E-state index is 11.8. The molecule has 138 valence electrons. The number of hydrogen-bond acceptors (Lipinski definition) is 5. The minimum atomic E-state index is -0.383. The number of thioether (sulfide) groups is 1. The van der Waals surface area contributed by atoms with Gasteiger partial charge in [0, 0.05) is 16.3 Å². The number of nitrogens with one attached hydrogen (secondary N) is 1. The van der Waals surface area contributed by atoms with Crippen LogP contribution in [0, 0.1) is 13.8 Å². The number of ether oxygens (including phenoxy) is 2. The number of amides is 1. The van der Waals surface area contributed by atoms with E-state index in [2.05, 4.69) is 31.3 Å². The Morgan fingerprint density at radius 3 is 2.42 bits per heavy atom. The smallest absolute Gasteiger partial charge is 0.307 e. The van der Waals surface area contributed by atoms with E-state index >= 15 is 0 Å². The normalized spacial score (nSPS) is 10.3. The van der Waals surface area contributed by atoms with Crippen LogP contribution in [0.4, 0.5) is 5.69 Å². The summed E-state index contributed by atoms with van der Waals surface area (Å²) in [5.41, 5.74) is 3.10. The Morgan fingerprint density at radius 2 is 1.77 bits per heavy atom. The van der Waals surface area contributed by atoms with Crippen LogP contribution in [-0.4, -0.2) is 31.3 Å². The van der Waals surface area contributed by atoms with Crippen molar-refractivity contribution in [3.05, 3.63) is 53.6 Å². The van der Waals surface area contributed by atoms with Gasteiger partial charge < -0.3 is 14.8 Å². The van der Waals surface area contributed by atoms with E-state index in [9.17, 15) is 9.59 Å². The average molecular weight is 373 g/mol. The lowest BCUT2D eigenvalue weighted by Crippen LogP contribution is -2.21. The highest BCUT2D eigenvalue weighted by Gasteiger charge is 2.08. The van der Waals surface area contributed by atoms with E-state index in [1.54, 1.807) is 43.1 Å². The van der Waals surface area contributed by atoms with Gasteiger partial charge in [-0.25, -0.2) is 0 Å². The molecule has 5 nitrogen and oxygen atoms in total. The Kier molecular flexibility index (Phi) is 7.53. The maximum Gasteiger partial charge on any atom is 0.307 e. The SMILES string of the molecule is COc1ccc(NC(=O)COC(=O)CCSc2ccc(C)c(C)c2)cc1. The molecule has 1 N–H and O–H groups in total. The number of esters is 1. The third-order valence-corrected chi connectivity index (χ3v) is 4.79. The summed E-state index contributed by atoms with van der Waals surface area (Å²) < 4.78 is 10.1. The van der Waals surface area contributed by atoms with Crippen LogP contribution in [0.2, 0.25) is 0 Å². The van der Waals surface area contributed by atoms with Gasteiger partial charge in [-0.3, -0.25) is 9.59 Å². The lowest BCUT2D eigenvalue weighted by molar-refractivity contribution is -0.146. The second-order valence-electron chi connectivity index (χ2n) is 5.78. The Morgan fingerprint density at radius 1 is 1.04 bits per heavy atom. The van der Waals surface area contributed by atoms with Gasteiger partial charge in [0.15, 0.2) is 6.61 Å². The number of anilines is 1. The van der Waals surface area contributed by atoms with Crippen LogP contribution in [0.1, 0.15) is 17.5 Å². The highest BCUT2D eigenvalue weighted by molar-refractivity contribution is 7.99. The van der Waals surface area contributed by atoms with Crippen LogP contribution >= 0.6 is 11.8 Å². The van der Waals surface area contributed by atoms with Gasteiger partial charge in [0.05, 0.1) is 13.5 Å². The molecule has 0 saturated carbocycles. The van der Waals surface area contributed by atoms with Crippen molar-refractivity contribution in [2.75, 3.05) is 24.8 Å². The topological polar surface area (TPSA) is 64.6 Å². The summed E-state index contributed by atoms with van der Waals surface area (Å²) >= 11 is 1.60. The number of carbonyl (C=O) groups excluding carboxylic acids is 2. The first-order valence-electron chi connectivity index (χ1n) is 8.27. The van der Waals surface area contributed by atoms with Crippen molar-refractivity contribution < 1.29 is 19.1 Å². The Labute approximate surface area is 158 Å². The number of carbonyl (C=O) groups is 2. The predicted molar refractivity (Wildman–Crippen MR) is 104 cm³/mol. The monoisotopic (exact) mass is 373 g/mol. The minimum absolute atomic E-state index is 0.257. The van der Waals surface area contributed by atoms with Gasteiger partial charge in [0.2, 0.25) is 0 Å². The molecule has 2 aromatic rings. The molecular weight excluding hydrogens is 350 g/mol. The largest absolute Gasteiger partial charge is 0.497 e. The molecule has 0 saturated heterocycles. The van der Waals surface area contributed by atoms with Crippen LogP contribution in [0.15, 0.2) is 47.4 Å². The molecule has 0 heterocycles. The molecule has 0 bridgehead atoms. The van der Waals surface area contributed by atoms with Crippen molar-refractivity contribution in [2.24, 2.45) is 0 Å². The lowest BCUT2D eigenvalue weighted by Gasteiger charge is -2.08. The van der Waals surface area contributed by atoms with Gasteiger partial charge in [-0.2, -0.15) is 0 Å². The molecule has 0 aliphatic heterocycles. The van der Waals surface area contributed by atoms with Crippen molar-refractivity contribution in [1.29, 1.82) is 0 Å². The summed E-state index contributed by atoms with van der Waals surface area (Å²) in [4.78, 5) is 24.7. The zero-order valence-corrected chi connectivity index (χ0v) is 16.0. The molecule has 0 unspecified atom stereocenters. The zero-order chi connectivity index (χ0) is 18.9. The number of hydrogen-bond donors (Lipinski definition) is 1. The molecule has 2 aromatic carbocycles. The van der Waals surface area contributed by atoms with Crippen LogP contribution in [-0.2, 0) is 14.3 Å². The second-order valence-corrected chi connectivity index (χ2v) is 6.95. The molecular formula is C20H23NO4S. The molecule has 0 fully saturated rings. The number of rotatable bonds is 8. The van der Waals surface area contributed by atoms with Crippen LogP contribution < -0.4 is 10.1 Å². The van der Waals surface area contributed by atoms with E-state index < -0.39 is 0 Å². The minimum Gasteiger partial charge on any atom is -0.497 e. The van der Waals surface area contributed by atoms with Gasteiger partial charge >= 0.3 is 5.97 Å². The average Bonchev–Trinajstić information content (AvgIpc) is 2.63. The summed E-state index contributed by atoms with van der Waals surface area (Å²) in [5, 5.41) is 2.67. The van der Waals surface area contributed by atoms with Gasteiger partial charge in [0.25, 0.3) is 5.91 Å². The third kappa shape index (κ3) is 6.44. The molecule has 6 heteroatoms. The number of aryl methyl sites for hydroxylation is 2. The standard InChI is InChI=1S/C20H23NO4S/c1-14-4-9-18(12-15(14)2)26-11-10-20(23)25-13-19(22)21-16-5-7-17(24-3)8-6-16/h4-9,12H,10-11,13H2,1-3H3,(H,21,22). The van der Waals surface area contributed by atoms with E-state index in [-0.39, 0.29) is 24.9 Å². The summed E-state index contributed by atoms with van der Waals surface area (Å²) in [6, 6.07) is 13.1. The summed E-state index contributed by atoms with van der Waals surface area (Å²) in [7, 11) is 1.57. The Balaban J connectivity index is 1.67. The molecule has 0 aromatic heterocycles. The van der Waals surface area contributed by atoms with E-state index in [0.29, 0.717) is 17.2 Å². The van der Waals surface area contributed by atoms with E-state index in [0.717, 1.165) is 4.90 Å². The molecule has 1 amide bonds. The zero-order valence-electron chi connectivity index (χ0n) is 15.2. The van der Waals surface area contributed by atoms with Crippen molar-refractivity contribution in [3.8, 4) is 5.75 Å². The number of methoxy groups -OCH3 is 1. The molecule has 0 aliphatic rings. The maximum absolute atomic E-state index is 11.8. The molecule has 0 radical (unpaired) electrons. The van der Waals surface area contributed by atoms with Gasteiger partial charge in [-0.1, -0.05) is 6.07 Å². The summed E-state index contributed by atoms with van der Waals surface area (Å²) in [6.45, 7) is 3.84. The molecule has 0 atom stereocenters. The first-order valence-corrected chi connectivity index (χ1v) is 9.26. The fourth-order valence-electron chi connectivity index (χ4n) is 2.15. The predicted octanol–water partition coefficient (Wildman–Crippen LogP) is 3.98. The Hall–Kier alpha value is -2.47. The third-order valence-electron chi connectivity index (χ3n) is 3.79. The molecule has 0 aliphatic carbocycles. The summed E-state index contributed by atoms with van der Waals surface area (Å²) in [6.07, 6.45) is 0.257. The first kappa shape index (κ1) is 19.8. The van der Waals surface area contributed by atoms with Gasteiger partial charge in [0.1, 0.15) is 5.75 Å². The molecule has 0 spiro atoms. The fraction of sp³-hybridized carbons (Fsp3) is 0.300. The van der Waals surface area contributed by atoms with Crippen LogP contribution in [0.5, 0.6) is 5.75 Å². The highest BCUT2D eigenvalue weighted by atomic mass is 32.2. The van der Waals surface area contributed by atoms with Crippen molar-refractivity contribution in [3.63, 3.8) is 0 Å². The van der Waals surface area contributed by atoms with Crippen LogP contribution in [0.3, 0.4) is 0 Å². The van der Waals surface area contributed by atoms with Crippen molar-refractivity contribution in [1.82, 2.24) is 0 Å². The highest BCUT2D eigenvalue weighted by Crippen LogP contribution is 2.21.